The number of hydrogen-bond donors (Lipinski definition) is 1. The Bertz CT molecular complexity index is 1040. The molecular formula is C24H30N3O2S+. The van der Waals surface area contributed by atoms with Gasteiger partial charge in [-0.05, 0) is 61.2 Å². The largest absolute Gasteiger partial charge is 0.370 e. The number of benzene rings is 2. The fraction of sp³-hybridized carbons (Fsp3) is 0.417. The molecule has 158 valence electrons. The number of amides is 1. The molecule has 1 N–H and O–H groups in total. The molecule has 2 aromatic carbocycles. The number of thiazole rings is 1. The monoisotopic (exact) mass is 424 g/mol. The normalized spacial score (nSPS) is 14.9. The summed E-state index contributed by atoms with van der Waals surface area (Å²) in [6, 6.07) is 12.3. The first-order valence-electron chi connectivity index (χ1n) is 10.7. The van der Waals surface area contributed by atoms with E-state index in [-0.39, 0.29) is 5.91 Å². The maximum absolute atomic E-state index is 13.5. The van der Waals surface area contributed by atoms with Crippen molar-refractivity contribution in [2.24, 2.45) is 0 Å². The summed E-state index contributed by atoms with van der Waals surface area (Å²) < 4.78 is 6.62. The molecule has 3 aromatic rings. The van der Waals surface area contributed by atoms with Gasteiger partial charge in [0, 0.05) is 5.56 Å². The summed E-state index contributed by atoms with van der Waals surface area (Å²) in [6.45, 7) is 11.4. The Morgan fingerprint density at radius 3 is 2.67 bits per heavy atom. The second kappa shape index (κ2) is 9.25. The van der Waals surface area contributed by atoms with Gasteiger partial charge >= 0.3 is 0 Å². The molecule has 1 fully saturated rings. The second-order valence-corrected chi connectivity index (χ2v) is 9.03. The van der Waals surface area contributed by atoms with Gasteiger partial charge in [0.25, 0.3) is 5.91 Å². The maximum atomic E-state index is 13.5. The van der Waals surface area contributed by atoms with Crippen LogP contribution in [0.4, 0.5) is 5.13 Å². The van der Waals surface area contributed by atoms with Crippen molar-refractivity contribution in [3.8, 4) is 0 Å². The fourth-order valence-corrected chi connectivity index (χ4v) is 4.84. The van der Waals surface area contributed by atoms with Gasteiger partial charge in [-0.25, -0.2) is 4.98 Å². The summed E-state index contributed by atoms with van der Waals surface area (Å²) >= 11 is 1.61. The number of fused-ring (bicyclic) bond motifs is 1. The Morgan fingerprint density at radius 2 is 1.93 bits per heavy atom. The first kappa shape index (κ1) is 21.0. The first-order valence-corrected chi connectivity index (χ1v) is 11.6. The molecule has 0 aliphatic carbocycles. The SMILES string of the molecule is CCc1ccc2nc(N(CC[NH+]3CCOCC3)C(=O)c3ccc(C)c(C)c3)sc2c1. The molecule has 0 saturated carbocycles. The van der Waals surface area contributed by atoms with Crippen LogP contribution in [-0.2, 0) is 11.2 Å². The quantitative estimate of drug-likeness (QED) is 0.662. The number of anilines is 1. The Balaban J connectivity index is 1.65. The van der Waals surface area contributed by atoms with Gasteiger partial charge in [-0.15, -0.1) is 0 Å². The van der Waals surface area contributed by atoms with Gasteiger partial charge in [-0.1, -0.05) is 30.4 Å². The van der Waals surface area contributed by atoms with Gasteiger partial charge in [0.2, 0.25) is 0 Å². The van der Waals surface area contributed by atoms with Gasteiger partial charge in [-0.3, -0.25) is 9.69 Å². The van der Waals surface area contributed by atoms with E-state index in [9.17, 15) is 4.79 Å². The summed E-state index contributed by atoms with van der Waals surface area (Å²) in [4.78, 5) is 21.7. The molecule has 0 bridgehead atoms. The van der Waals surface area contributed by atoms with E-state index in [1.165, 1.54) is 16.0 Å². The highest BCUT2D eigenvalue weighted by Gasteiger charge is 2.24. The highest BCUT2D eigenvalue weighted by molar-refractivity contribution is 7.22. The summed E-state index contributed by atoms with van der Waals surface area (Å²) in [5.41, 5.74) is 5.31. The average molecular weight is 425 g/mol. The molecule has 6 heteroatoms. The van der Waals surface area contributed by atoms with Crippen LogP contribution in [0.1, 0.15) is 34.0 Å². The molecule has 0 unspecified atom stereocenters. The molecule has 1 aromatic heterocycles. The Labute approximate surface area is 182 Å². The van der Waals surface area contributed by atoms with Crippen molar-refractivity contribution in [3.05, 3.63) is 58.7 Å². The summed E-state index contributed by atoms with van der Waals surface area (Å²) in [7, 11) is 0. The van der Waals surface area contributed by atoms with E-state index >= 15 is 0 Å². The molecule has 1 amide bonds. The first-order chi connectivity index (χ1) is 14.5. The highest BCUT2D eigenvalue weighted by Crippen LogP contribution is 2.30. The molecule has 0 atom stereocenters. The number of carbonyl (C=O) groups excluding carboxylic acids is 1. The number of morpholine rings is 1. The third-order valence-corrected chi connectivity index (χ3v) is 7.01. The molecule has 0 radical (unpaired) electrons. The van der Waals surface area contributed by atoms with Crippen molar-refractivity contribution in [2.45, 2.75) is 27.2 Å². The molecule has 4 rings (SSSR count). The molecule has 1 aliphatic heterocycles. The van der Waals surface area contributed by atoms with Gasteiger partial charge in [0.05, 0.1) is 36.5 Å². The van der Waals surface area contributed by atoms with Crippen LogP contribution in [0.3, 0.4) is 0 Å². The van der Waals surface area contributed by atoms with E-state index in [2.05, 4.69) is 39.0 Å². The van der Waals surface area contributed by atoms with E-state index in [4.69, 9.17) is 9.72 Å². The minimum absolute atomic E-state index is 0.0283. The standard InChI is InChI=1S/C24H29N3O2S/c1-4-19-6-8-21-22(16-19)30-24(25-21)27(10-9-26-11-13-29-14-12-26)23(28)20-7-5-17(2)18(3)15-20/h5-8,15-16H,4,9-14H2,1-3H3/p+1. The number of carbonyl (C=O) groups is 1. The predicted molar refractivity (Wildman–Crippen MR) is 123 cm³/mol. The third-order valence-electron chi connectivity index (χ3n) is 5.97. The number of nitrogens with zero attached hydrogens (tertiary/aromatic N) is 2. The Hall–Kier alpha value is -2.28. The lowest BCUT2D eigenvalue weighted by atomic mass is 10.1. The van der Waals surface area contributed by atoms with Gasteiger partial charge < -0.3 is 9.64 Å². The minimum atomic E-state index is 0.0283. The number of nitrogens with one attached hydrogen (secondary N) is 1. The van der Waals surface area contributed by atoms with E-state index in [0.717, 1.165) is 65.7 Å². The van der Waals surface area contributed by atoms with Crippen molar-refractivity contribution < 1.29 is 14.4 Å². The summed E-state index contributed by atoms with van der Waals surface area (Å²) in [6.07, 6.45) is 0.995. The third kappa shape index (κ3) is 4.56. The fourth-order valence-electron chi connectivity index (χ4n) is 3.79. The molecule has 30 heavy (non-hydrogen) atoms. The van der Waals surface area contributed by atoms with Gasteiger partial charge in [0.1, 0.15) is 13.1 Å². The van der Waals surface area contributed by atoms with Gasteiger partial charge in [0.15, 0.2) is 5.13 Å². The predicted octanol–water partition coefficient (Wildman–Crippen LogP) is 3.04. The van der Waals surface area contributed by atoms with Crippen molar-refractivity contribution >= 4 is 32.6 Å². The van der Waals surface area contributed by atoms with Crippen LogP contribution in [0, 0.1) is 13.8 Å². The van der Waals surface area contributed by atoms with E-state index in [0.29, 0.717) is 6.54 Å². The number of aryl methyl sites for hydroxylation is 3. The zero-order valence-electron chi connectivity index (χ0n) is 18.0. The molecule has 2 heterocycles. The Kier molecular flexibility index (Phi) is 6.46. The molecule has 5 nitrogen and oxygen atoms in total. The Morgan fingerprint density at radius 1 is 1.13 bits per heavy atom. The average Bonchev–Trinajstić information content (AvgIpc) is 3.19. The zero-order chi connectivity index (χ0) is 21.1. The number of quaternary nitrogens is 1. The van der Waals surface area contributed by atoms with Crippen LogP contribution in [-0.4, -0.2) is 50.3 Å². The van der Waals surface area contributed by atoms with Crippen LogP contribution >= 0.6 is 11.3 Å². The number of ether oxygens (including phenoxy) is 1. The summed E-state index contributed by atoms with van der Waals surface area (Å²) in [5, 5.41) is 0.786. The van der Waals surface area contributed by atoms with Crippen LogP contribution < -0.4 is 9.80 Å². The molecule has 1 aliphatic rings. The van der Waals surface area contributed by atoms with E-state index in [1.807, 2.05) is 23.1 Å². The molecule has 1 saturated heterocycles. The van der Waals surface area contributed by atoms with Crippen LogP contribution in [0.5, 0.6) is 0 Å². The lowest BCUT2D eigenvalue weighted by Crippen LogP contribution is -3.14. The lowest BCUT2D eigenvalue weighted by molar-refractivity contribution is -0.906. The number of rotatable bonds is 6. The smallest absolute Gasteiger partial charge is 0.260 e. The number of hydrogen-bond acceptors (Lipinski definition) is 4. The topological polar surface area (TPSA) is 46.9 Å². The minimum Gasteiger partial charge on any atom is -0.370 e. The van der Waals surface area contributed by atoms with Crippen LogP contribution in [0.25, 0.3) is 10.2 Å². The number of aromatic nitrogens is 1. The van der Waals surface area contributed by atoms with Gasteiger partial charge in [-0.2, -0.15) is 0 Å². The molecule has 0 spiro atoms. The van der Waals surface area contributed by atoms with Crippen molar-refractivity contribution in [2.75, 3.05) is 44.3 Å². The van der Waals surface area contributed by atoms with Crippen molar-refractivity contribution in [3.63, 3.8) is 0 Å². The van der Waals surface area contributed by atoms with E-state index < -0.39 is 0 Å². The van der Waals surface area contributed by atoms with E-state index in [1.54, 1.807) is 11.3 Å². The van der Waals surface area contributed by atoms with Crippen LogP contribution in [0.15, 0.2) is 36.4 Å². The zero-order valence-corrected chi connectivity index (χ0v) is 18.8. The highest BCUT2D eigenvalue weighted by atomic mass is 32.1. The molecular weight excluding hydrogens is 394 g/mol. The lowest BCUT2D eigenvalue weighted by Gasteiger charge is -2.27. The van der Waals surface area contributed by atoms with Crippen molar-refractivity contribution in [1.29, 1.82) is 0 Å². The van der Waals surface area contributed by atoms with Crippen molar-refractivity contribution in [1.82, 2.24) is 4.98 Å². The van der Waals surface area contributed by atoms with Crippen LogP contribution in [0.2, 0.25) is 0 Å². The second-order valence-electron chi connectivity index (χ2n) is 8.02. The maximum Gasteiger partial charge on any atom is 0.260 e. The summed E-state index contributed by atoms with van der Waals surface area (Å²) in [5.74, 6) is 0.0283.